The first-order valence-corrected chi connectivity index (χ1v) is 3.26. The lowest BCUT2D eigenvalue weighted by molar-refractivity contribution is 0.333. The normalized spacial score (nSPS) is 8.56. The Bertz CT molecular complexity index is 94.7. The third-order valence-electron chi connectivity index (χ3n) is 1.06. The average molecular weight is 126 g/mol. The lowest BCUT2D eigenvalue weighted by atomic mass is 10.2. The zero-order valence-electron chi connectivity index (χ0n) is 6.02. The van der Waals surface area contributed by atoms with E-state index in [4.69, 9.17) is 4.74 Å². The van der Waals surface area contributed by atoms with Gasteiger partial charge in [-0.1, -0.05) is 26.5 Å². The van der Waals surface area contributed by atoms with E-state index < -0.39 is 0 Å². The van der Waals surface area contributed by atoms with Gasteiger partial charge in [-0.05, 0) is 6.42 Å². The molecular weight excluding hydrogens is 112 g/mol. The van der Waals surface area contributed by atoms with Crippen molar-refractivity contribution in [1.82, 2.24) is 0 Å². The zero-order valence-corrected chi connectivity index (χ0v) is 6.02. The lowest BCUT2D eigenvalue weighted by Gasteiger charge is -2.00. The van der Waals surface area contributed by atoms with Crippen molar-refractivity contribution in [3.8, 4) is 0 Å². The SMILES string of the molecule is C=COC(=C)CCCC. The van der Waals surface area contributed by atoms with Crippen LogP contribution in [0, 0.1) is 0 Å². The van der Waals surface area contributed by atoms with E-state index in [-0.39, 0.29) is 0 Å². The molecule has 0 aliphatic carbocycles. The van der Waals surface area contributed by atoms with Crippen LogP contribution in [0.3, 0.4) is 0 Å². The minimum Gasteiger partial charge on any atom is -0.471 e. The third kappa shape index (κ3) is 5.15. The third-order valence-corrected chi connectivity index (χ3v) is 1.06. The van der Waals surface area contributed by atoms with E-state index in [9.17, 15) is 0 Å². The highest BCUT2D eigenvalue weighted by molar-refractivity contribution is 4.83. The second-order valence-electron chi connectivity index (χ2n) is 1.93. The molecule has 0 aliphatic heterocycles. The number of ether oxygens (including phenoxy) is 1. The van der Waals surface area contributed by atoms with Crippen LogP contribution in [0.1, 0.15) is 26.2 Å². The van der Waals surface area contributed by atoms with Crippen LogP contribution in [0.25, 0.3) is 0 Å². The van der Waals surface area contributed by atoms with Gasteiger partial charge in [0.05, 0.1) is 12.0 Å². The summed E-state index contributed by atoms with van der Waals surface area (Å²) >= 11 is 0. The fraction of sp³-hybridized carbons (Fsp3) is 0.500. The molecule has 0 aromatic carbocycles. The molecule has 0 saturated carbocycles. The molecule has 0 aromatic heterocycles. The second kappa shape index (κ2) is 5.42. The Morgan fingerprint density at radius 3 is 2.78 bits per heavy atom. The highest BCUT2D eigenvalue weighted by Gasteiger charge is 1.89. The molecule has 1 nitrogen and oxygen atoms in total. The first-order chi connectivity index (χ1) is 4.31. The van der Waals surface area contributed by atoms with Gasteiger partial charge in [0.2, 0.25) is 0 Å². The molecule has 9 heavy (non-hydrogen) atoms. The van der Waals surface area contributed by atoms with Crippen LogP contribution in [0.4, 0.5) is 0 Å². The highest BCUT2D eigenvalue weighted by atomic mass is 16.5. The Hall–Kier alpha value is -0.720. The molecule has 0 unspecified atom stereocenters. The van der Waals surface area contributed by atoms with Gasteiger partial charge in [0.25, 0.3) is 0 Å². The maximum Gasteiger partial charge on any atom is 0.0960 e. The Balaban J connectivity index is 3.16. The molecule has 0 heterocycles. The first kappa shape index (κ1) is 8.28. The van der Waals surface area contributed by atoms with Crippen molar-refractivity contribution in [3.63, 3.8) is 0 Å². The summed E-state index contributed by atoms with van der Waals surface area (Å²) in [5, 5.41) is 0. The predicted molar refractivity (Wildman–Crippen MR) is 39.9 cm³/mol. The number of hydrogen-bond acceptors (Lipinski definition) is 1. The van der Waals surface area contributed by atoms with E-state index >= 15 is 0 Å². The molecule has 0 fully saturated rings. The summed E-state index contributed by atoms with van der Waals surface area (Å²) < 4.78 is 4.91. The number of rotatable bonds is 5. The molecule has 0 N–H and O–H groups in total. The minimum absolute atomic E-state index is 0.812. The zero-order chi connectivity index (χ0) is 7.11. The molecule has 0 atom stereocenters. The van der Waals surface area contributed by atoms with Gasteiger partial charge in [0.15, 0.2) is 0 Å². The highest BCUT2D eigenvalue weighted by Crippen LogP contribution is 2.05. The Morgan fingerprint density at radius 2 is 2.33 bits per heavy atom. The van der Waals surface area contributed by atoms with E-state index in [0.29, 0.717) is 0 Å². The maximum absolute atomic E-state index is 4.91. The second-order valence-corrected chi connectivity index (χ2v) is 1.93. The van der Waals surface area contributed by atoms with Crippen LogP contribution in [0.15, 0.2) is 25.2 Å². The Labute approximate surface area is 57.0 Å². The van der Waals surface area contributed by atoms with Gasteiger partial charge in [-0.3, -0.25) is 0 Å². The van der Waals surface area contributed by atoms with Gasteiger partial charge in [-0.15, -0.1) is 0 Å². The van der Waals surface area contributed by atoms with Gasteiger partial charge >= 0.3 is 0 Å². The van der Waals surface area contributed by atoms with E-state index in [2.05, 4.69) is 20.1 Å². The molecule has 0 aliphatic rings. The minimum atomic E-state index is 0.812. The molecule has 0 radical (unpaired) electrons. The van der Waals surface area contributed by atoms with Gasteiger partial charge < -0.3 is 4.74 Å². The van der Waals surface area contributed by atoms with Gasteiger partial charge in [-0.25, -0.2) is 0 Å². The van der Waals surface area contributed by atoms with Crippen molar-refractivity contribution in [1.29, 1.82) is 0 Å². The summed E-state index contributed by atoms with van der Waals surface area (Å²) in [4.78, 5) is 0. The molecule has 0 spiro atoms. The maximum atomic E-state index is 4.91. The monoisotopic (exact) mass is 126 g/mol. The summed E-state index contributed by atoms with van der Waals surface area (Å²) in [7, 11) is 0. The predicted octanol–water partition coefficient (Wildman–Crippen LogP) is 2.85. The average Bonchev–Trinajstić information content (AvgIpc) is 1.85. The van der Waals surface area contributed by atoms with Crippen LogP contribution >= 0.6 is 0 Å². The van der Waals surface area contributed by atoms with Crippen LogP contribution in [-0.2, 0) is 4.74 Å². The Kier molecular flexibility index (Phi) is 4.98. The van der Waals surface area contributed by atoms with E-state index in [0.717, 1.165) is 18.6 Å². The summed E-state index contributed by atoms with van der Waals surface area (Å²) in [6.45, 7) is 9.25. The number of allylic oxidation sites excluding steroid dienone is 1. The summed E-state index contributed by atoms with van der Waals surface area (Å²) in [5.74, 6) is 0.812. The summed E-state index contributed by atoms with van der Waals surface area (Å²) in [5.41, 5.74) is 0. The quantitative estimate of drug-likeness (QED) is 0.515. The van der Waals surface area contributed by atoms with Crippen molar-refractivity contribution >= 4 is 0 Å². The van der Waals surface area contributed by atoms with Gasteiger partial charge in [0, 0.05) is 6.42 Å². The first-order valence-electron chi connectivity index (χ1n) is 3.26. The van der Waals surface area contributed by atoms with Crippen molar-refractivity contribution in [3.05, 3.63) is 25.2 Å². The topological polar surface area (TPSA) is 9.23 Å². The standard InChI is InChI=1S/C8H14O/c1-4-6-7-8(3)9-5-2/h5H,2-4,6-7H2,1H3. The smallest absolute Gasteiger partial charge is 0.0960 e. The molecular formula is C8H14O. The van der Waals surface area contributed by atoms with Crippen LogP contribution in [0.2, 0.25) is 0 Å². The summed E-state index contributed by atoms with van der Waals surface area (Å²) in [6.07, 6.45) is 4.69. The largest absolute Gasteiger partial charge is 0.471 e. The van der Waals surface area contributed by atoms with Crippen molar-refractivity contribution in [2.45, 2.75) is 26.2 Å². The van der Waals surface area contributed by atoms with Crippen molar-refractivity contribution < 1.29 is 4.74 Å². The van der Waals surface area contributed by atoms with Crippen LogP contribution < -0.4 is 0 Å². The molecule has 0 saturated heterocycles. The van der Waals surface area contributed by atoms with Crippen LogP contribution in [0.5, 0.6) is 0 Å². The molecule has 0 bridgehead atoms. The lowest BCUT2D eigenvalue weighted by Crippen LogP contribution is -1.81. The van der Waals surface area contributed by atoms with Gasteiger partial charge in [-0.2, -0.15) is 0 Å². The molecule has 0 amide bonds. The van der Waals surface area contributed by atoms with Crippen LogP contribution in [-0.4, -0.2) is 0 Å². The van der Waals surface area contributed by atoms with Crippen molar-refractivity contribution in [2.75, 3.05) is 0 Å². The van der Waals surface area contributed by atoms with E-state index in [1.165, 1.54) is 12.7 Å². The molecule has 52 valence electrons. The number of hydrogen-bond donors (Lipinski definition) is 0. The Morgan fingerprint density at radius 1 is 1.67 bits per heavy atom. The molecule has 1 heteroatoms. The summed E-state index contributed by atoms with van der Waals surface area (Å²) in [6, 6.07) is 0. The van der Waals surface area contributed by atoms with E-state index in [1.807, 2.05) is 0 Å². The fourth-order valence-electron chi connectivity index (χ4n) is 0.551. The number of unbranched alkanes of at least 4 members (excludes halogenated alkanes) is 1. The van der Waals surface area contributed by atoms with Crippen molar-refractivity contribution in [2.24, 2.45) is 0 Å². The molecule has 0 aromatic rings. The fourth-order valence-corrected chi connectivity index (χ4v) is 0.551. The van der Waals surface area contributed by atoms with E-state index in [1.54, 1.807) is 0 Å². The molecule has 0 rings (SSSR count). The van der Waals surface area contributed by atoms with Gasteiger partial charge in [0.1, 0.15) is 0 Å².